The molecule has 2 atom stereocenters. The number of methoxy groups -OCH3 is 1. The van der Waals surface area contributed by atoms with Gasteiger partial charge in [-0.05, 0) is 24.1 Å². The van der Waals surface area contributed by atoms with E-state index in [2.05, 4.69) is 4.98 Å². The number of hydrogen-bond donors (Lipinski definition) is 0. The first-order valence-electron chi connectivity index (χ1n) is 7.25. The van der Waals surface area contributed by atoms with Gasteiger partial charge in [0, 0.05) is 5.92 Å². The Kier molecular flexibility index (Phi) is 2.79. The second-order valence-corrected chi connectivity index (χ2v) is 5.62. The summed E-state index contributed by atoms with van der Waals surface area (Å²) in [4.78, 5) is 17.0. The molecular weight excluding hydrogens is 278 g/mol. The second kappa shape index (κ2) is 4.70. The van der Waals surface area contributed by atoms with Crippen molar-refractivity contribution in [2.24, 2.45) is 0 Å². The summed E-state index contributed by atoms with van der Waals surface area (Å²) in [5, 5.41) is 0. The summed E-state index contributed by atoms with van der Waals surface area (Å²) in [7, 11) is 1.41. The van der Waals surface area contributed by atoms with Gasteiger partial charge in [0.25, 0.3) is 0 Å². The molecule has 1 aliphatic carbocycles. The van der Waals surface area contributed by atoms with Crippen LogP contribution in [0.1, 0.15) is 23.8 Å². The molecule has 1 saturated carbocycles. The summed E-state index contributed by atoms with van der Waals surface area (Å²) in [5.41, 5.74) is 1.77. The lowest BCUT2D eigenvalue weighted by Crippen LogP contribution is -2.24. The molecule has 0 spiro atoms. The first-order valence-corrected chi connectivity index (χ1v) is 7.25. The van der Waals surface area contributed by atoms with E-state index in [4.69, 9.17) is 9.15 Å². The number of para-hydroxylation sites is 2. The van der Waals surface area contributed by atoms with Gasteiger partial charge in [0.15, 0.2) is 11.0 Å². The normalized spacial score (nSPS) is 23.4. The fourth-order valence-corrected chi connectivity index (χ4v) is 3.15. The Hall–Kier alpha value is -2.62. The minimum atomic E-state index is -0.797. The standard InChI is InChI=1S/C18H15NO3/c1-21-17(20)18(11-13(18)12-7-3-2-4-8-12)16-19-14-9-5-6-10-15(14)22-16/h2-10,13H,11H2,1H3/t13-,18+/m0/s1. The number of ether oxygens (including phenoxy) is 1. The Morgan fingerprint density at radius 3 is 2.64 bits per heavy atom. The van der Waals surface area contributed by atoms with Crippen molar-refractivity contribution in [1.82, 2.24) is 4.98 Å². The molecule has 1 fully saturated rings. The highest BCUT2D eigenvalue weighted by molar-refractivity contribution is 5.89. The van der Waals surface area contributed by atoms with Gasteiger partial charge in [-0.25, -0.2) is 4.98 Å². The molecule has 0 unspecified atom stereocenters. The van der Waals surface area contributed by atoms with Crippen LogP contribution in [0.5, 0.6) is 0 Å². The Labute approximate surface area is 127 Å². The van der Waals surface area contributed by atoms with E-state index < -0.39 is 5.41 Å². The molecule has 0 saturated heterocycles. The molecule has 0 bridgehead atoms. The highest BCUT2D eigenvalue weighted by Crippen LogP contribution is 2.61. The maximum atomic E-state index is 12.4. The maximum absolute atomic E-state index is 12.4. The lowest BCUT2D eigenvalue weighted by atomic mass is 9.99. The van der Waals surface area contributed by atoms with Crippen LogP contribution in [-0.2, 0) is 14.9 Å². The van der Waals surface area contributed by atoms with Gasteiger partial charge in [-0.3, -0.25) is 4.79 Å². The number of benzene rings is 2. The molecule has 0 radical (unpaired) electrons. The van der Waals surface area contributed by atoms with Gasteiger partial charge in [0.05, 0.1) is 7.11 Å². The van der Waals surface area contributed by atoms with Gasteiger partial charge in [0.2, 0.25) is 5.89 Å². The number of esters is 1. The predicted octanol–water partition coefficient (Wildman–Crippen LogP) is 3.43. The van der Waals surface area contributed by atoms with E-state index >= 15 is 0 Å². The van der Waals surface area contributed by atoms with E-state index in [9.17, 15) is 4.79 Å². The maximum Gasteiger partial charge on any atom is 0.321 e. The number of carbonyl (C=O) groups excluding carboxylic acids is 1. The number of hydrogen-bond acceptors (Lipinski definition) is 4. The van der Waals surface area contributed by atoms with Crippen molar-refractivity contribution in [2.45, 2.75) is 17.8 Å². The lowest BCUT2D eigenvalue weighted by molar-refractivity contribution is -0.144. The van der Waals surface area contributed by atoms with Crippen LogP contribution >= 0.6 is 0 Å². The largest absolute Gasteiger partial charge is 0.468 e. The highest BCUT2D eigenvalue weighted by atomic mass is 16.5. The number of aromatic nitrogens is 1. The average Bonchev–Trinajstić information content (AvgIpc) is 3.19. The van der Waals surface area contributed by atoms with Crippen molar-refractivity contribution in [2.75, 3.05) is 7.11 Å². The molecule has 1 aliphatic rings. The van der Waals surface area contributed by atoms with Crippen molar-refractivity contribution in [3.8, 4) is 0 Å². The van der Waals surface area contributed by atoms with Crippen LogP contribution in [0.2, 0.25) is 0 Å². The summed E-state index contributed by atoms with van der Waals surface area (Å²) in [5.74, 6) is 0.219. The Morgan fingerprint density at radius 1 is 1.18 bits per heavy atom. The zero-order valence-corrected chi connectivity index (χ0v) is 12.2. The smallest absolute Gasteiger partial charge is 0.321 e. The number of fused-ring (bicyclic) bond motifs is 1. The quantitative estimate of drug-likeness (QED) is 0.694. The molecule has 1 aromatic heterocycles. The van der Waals surface area contributed by atoms with Crippen molar-refractivity contribution < 1.29 is 13.9 Å². The van der Waals surface area contributed by atoms with E-state index in [0.29, 0.717) is 17.9 Å². The molecule has 0 aliphatic heterocycles. The molecule has 0 N–H and O–H groups in total. The van der Waals surface area contributed by atoms with E-state index in [1.54, 1.807) is 0 Å². The Bertz CT molecular complexity index is 807. The molecule has 4 heteroatoms. The van der Waals surface area contributed by atoms with E-state index in [0.717, 1.165) is 11.1 Å². The Morgan fingerprint density at radius 2 is 1.91 bits per heavy atom. The fraction of sp³-hybridized carbons (Fsp3) is 0.222. The van der Waals surface area contributed by atoms with Gasteiger partial charge >= 0.3 is 5.97 Å². The molecule has 2 aromatic carbocycles. The highest BCUT2D eigenvalue weighted by Gasteiger charge is 2.66. The topological polar surface area (TPSA) is 52.3 Å². The van der Waals surface area contributed by atoms with Crippen LogP contribution in [0.4, 0.5) is 0 Å². The first-order chi connectivity index (χ1) is 10.8. The SMILES string of the molecule is COC(=O)[C@]1(c2nc3ccccc3o2)C[C@H]1c1ccccc1. The predicted molar refractivity (Wildman–Crippen MR) is 81.5 cm³/mol. The summed E-state index contributed by atoms with van der Waals surface area (Å²) < 4.78 is 10.9. The third-order valence-corrected chi connectivity index (χ3v) is 4.39. The van der Waals surface area contributed by atoms with Crippen LogP contribution in [0, 0.1) is 0 Å². The summed E-state index contributed by atoms with van der Waals surface area (Å²) >= 11 is 0. The van der Waals surface area contributed by atoms with Crippen LogP contribution in [0.15, 0.2) is 59.0 Å². The molecule has 22 heavy (non-hydrogen) atoms. The molecule has 110 valence electrons. The summed E-state index contributed by atoms with van der Waals surface area (Å²) in [6, 6.07) is 17.5. The van der Waals surface area contributed by atoms with Crippen molar-refractivity contribution in [3.05, 3.63) is 66.1 Å². The van der Waals surface area contributed by atoms with E-state index in [1.165, 1.54) is 7.11 Å². The van der Waals surface area contributed by atoms with E-state index in [-0.39, 0.29) is 11.9 Å². The molecule has 4 nitrogen and oxygen atoms in total. The summed E-state index contributed by atoms with van der Waals surface area (Å²) in [6.07, 6.45) is 0.663. The van der Waals surface area contributed by atoms with Gasteiger partial charge in [-0.1, -0.05) is 42.5 Å². The average molecular weight is 293 g/mol. The van der Waals surface area contributed by atoms with E-state index in [1.807, 2.05) is 54.6 Å². The monoisotopic (exact) mass is 293 g/mol. The molecule has 0 amide bonds. The van der Waals surface area contributed by atoms with Crippen LogP contribution in [-0.4, -0.2) is 18.1 Å². The van der Waals surface area contributed by atoms with Gasteiger partial charge in [0.1, 0.15) is 5.52 Å². The van der Waals surface area contributed by atoms with Crippen LogP contribution in [0.3, 0.4) is 0 Å². The number of oxazole rings is 1. The molecule has 4 rings (SSSR count). The van der Waals surface area contributed by atoms with Crippen molar-refractivity contribution in [3.63, 3.8) is 0 Å². The molecule has 1 heterocycles. The van der Waals surface area contributed by atoms with Crippen molar-refractivity contribution >= 4 is 17.1 Å². The number of rotatable bonds is 3. The lowest BCUT2D eigenvalue weighted by Gasteiger charge is -2.11. The van der Waals surface area contributed by atoms with Crippen molar-refractivity contribution in [1.29, 1.82) is 0 Å². The third kappa shape index (κ3) is 1.77. The molecule has 3 aromatic rings. The fourth-order valence-electron chi connectivity index (χ4n) is 3.15. The summed E-state index contributed by atoms with van der Waals surface area (Å²) in [6.45, 7) is 0. The third-order valence-electron chi connectivity index (χ3n) is 4.39. The van der Waals surface area contributed by atoms with Crippen LogP contribution in [0.25, 0.3) is 11.1 Å². The van der Waals surface area contributed by atoms with Gasteiger partial charge < -0.3 is 9.15 Å². The number of nitrogens with zero attached hydrogens (tertiary/aromatic N) is 1. The van der Waals surface area contributed by atoms with Gasteiger partial charge in [-0.15, -0.1) is 0 Å². The second-order valence-electron chi connectivity index (χ2n) is 5.62. The molecular formula is C18H15NO3. The van der Waals surface area contributed by atoms with Gasteiger partial charge in [-0.2, -0.15) is 0 Å². The van der Waals surface area contributed by atoms with Crippen LogP contribution < -0.4 is 0 Å². The first kappa shape index (κ1) is 13.1. The zero-order valence-electron chi connectivity index (χ0n) is 12.2. The zero-order chi connectivity index (χ0) is 15.2. The Balaban J connectivity index is 1.82. The minimum absolute atomic E-state index is 0.0502. The number of carbonyl (C=O) groups is 1. The minimum Gasteiger partial charge on any atom is -0.468 e.